The van der Waals surface area contributed by atoms with Crippen LogP contribution in [0.3, 0.4) is 0 Å². The van der Waals surface area contributed by atoms with Crippen molar-refractivity contribution in [3.8, 4) is 5.75 Å². The second kappa shape index (κ2) is 8.77. The van der Waals surface area contributed by atoms with Gasteiger partial charge in [-0.15, -0.1) is 0 Å². The third kappa shape index (κ3) is 4.63. The Labute approximate surface area is 166 Å². The number of likely N-dealkylation sites (tertiary alicyclic amines) is 1. The van der Waals surface area contributed by atoms with E-state index in [0.29, 0.717) is 11.1 Å². The Morgan fingerprint density at radius 2 is 1.89 bits per heavy atom. The summed E-state index contributed by atoms with van der Waals surface area (Å²) in [7, 11) is 1.64. The molecule has 2 aromatic carbocycles. The van der Waals surface area contributed by atoms with Gasteiger partial charge in [-0.25, -0.2) is 0 Å². The summed E-state index contributed by atoms with van der Waals surface area (Å²) in [6.07, 6.45) is 1.90. The van der Waals surface area contributed by atoms with Crippen molar-refractivity contribution in [2.75, 3.05) is 20.2 Å². The van der Waals surface area contributed by atoms with Crippen LogP contribution in [0.4, 0.5) is 0 Å². The molecule has 0 aromatic heterocycles. The summed E-state index contributed by atoms with van der Waals surface area (Å²) >= 11 is 6.34. The predicted molar refractivity (Wildman–Crippen MR) is 110 cm³/mol. The molecule has 0 radical (unpaired) electrons. The first-order valence-corrected chi connectivity index (χ1v) is 9.81. The van der Waals surface area contributed by atoms with Crippen LogP contribution in [0.25, 0.3) is 0 Å². The van der Waals surface area contributed by atoms with E-state index in [1.165, 1.54) is 0 Å². The van der Waals surface area contributed by atoms with Crippen molar-refractivity contribution >= 4 is 17.5 Å². The van der Waals surface area contributed by atoms with Gasteiger partial charge in [0.25, 0.3) is 5.91 Å². The summed E-state index contributed by atoms with van der Waals surface area (Å²) in [5.74, 6) is 0.861. The zero-order valence-corrected chi connectivity index (χ0v) is 16.9. The molecule has 5 heteroatoms. The smallest absolute Gasteiger partial charge is 0.253 e. The number of carbonyl (C=O) groups is 1. The summed E-state index contributed by atoms with van der Waals surface area (Å²) in [6, 6.07) is 14.2. The number of hydrogen-bond donors (Lipinski definition) is 1. The van der Waals surface area contributed by atoms with E-state index in [0.717, 1.165) is 48.4 Å². The van der Waals surface area contributed by atoms with Crippen LogP contribution in [0.2, 0.25) is 5.02 Å². The molecule has 1 amide bonds. The topological polar surface area (TPSA) is 41.6 Å². The van der Waals surface area contributed by atoms with E-state index >= 15 is 0 Å². The van der Waals surface area contributed by atoms with E-state index in [2.05, 4.69) is 18.3 Å². The minimum absolute atomic E-state index is 0.125. The molecule has 0 spiro atoms. The highest BCUT2D eigenvalue weighted by molar-refractivity contribution is 6.32. The normalized spacial score (nSPS) is 16.2. The van der Waals surface area contributed by atoms with E-state index in [1.807, 2.05) is 48.2 Å². The molecule has 144 valence electrons. The van der Waals surface area contributed by atoms with Crippen LogP contribution in [0.15, 0.2) is 42.5 Å². The maximum Gasteiger partial charge on any atom is 0.253 e. The number of amides is 1. The molecule has 3 rings (SSSR count). The summed E-state index contributed by atoms with van der Waals surface area (Å²) in [5.41, 5.74) is 2.96. The van der Waals surface area contributed by atoms with Crippen LogP contribution in [-0.4, -0.2) is 37.0 Å². The minimum atomic E-state index is 0.125. The Kier molecular flexibility index (Phi) is 6.40. The lowest BCUT2D eigenvalue weighted by Gasteiger charge is -2.34. The Balaban J connectivity index is 1.57. The zero-order valence-electron chi connectivity index (χ0n) is 16.2. The summed E-state index contributed by atoms with van der Waals surface area (Å²) in [6.45, 7) is 5.72. The van der Waals surface area contributed by atoms with Gasteiger partial charge < -0.3 is 15.0 Å². The molecule has 1 unspecified atom stereocenters. The molecule has 1 aliphatic heterocycles. The standard InChI is InChI=1S/C22H27ClN2O2/c1-15-13-18(14-20(23)21(15)27-3)16(2)24-19-9-11-25(12-10-19)22(26)17-7-5-4-6-8-17/h4-8,13-14,16,19,24H,9-12H2,1-3H3. The maximum atomic E-state index is 12.6. The number of nitrogens with zero attached hydrogens (tertiary/aromatic N) is 1. The molecular formula is C22H27ClN2O2. The van der Waals surface area contributed by atoms with Gasteiger partial charge in [0.15, 0.2) is 0 Å². The van der Waals surface area contributed by atoms with Crippen molar-refractivity contribution in [2.24, 2.45) is 0 Å². The number of carbonyl (C=O) groups excluding carboxylic acids is 1. The summed E-state index contributed by atoms with van der Waals surface area (Å²) in [4.78, 5) is 14.5. The fourth-order valence-corrected chi connectivity index (χ4v) is 4.08. The molecule has 0 bridgehead atoms. The number of aryl methyl sites for hydroxylation is 1. The molecule has 0 aliphatic carbocycles. The van der Waals surface area contributed by atoms with Gasteiger partial charge in [-0.2, -0.15) is 0 Å². The van der Waals surface area contributed by atoms with E-state index in [1.54, 1.807) is 7.11 Å². The van der Waals surface area contributed by atoms with E-state index in [9.17, 15) is 4.79 Å². The Bertz CT molecular complexity index is 763. The van der Waals surface area contributed by atoms with Crippen LogP contribution in [0.1, 0.15) is 47.3 Å². The van der Waals surface area contributed by atoms with Gasteiger partial charge in [-0.05, 0) is 56.0 Å². The number of piperidine rings is 1. The molecule has 4 nitrogen and oxygen atoms in total. The van der Waals surface area contributed by atoms with Crippen LogP contribution >= 0.6 is 11.6 Å². The fraction of sp³-hybridized carbons (Fsp3) is 0.409. The van der Waals surface area contributed by atoms with Crippen molar-refractivity contribution in [1.29, 1.82) is 0 Å². The maximum absolute atomic E-state index is 12.6. The third-order valence-electron chi connectivity index (χ3n) is 5.24. The molecule has 1 atom stereocenters. The monoisotopic (exact) mass is 386 g/mol. The average Bonchev–Trinajstić information content (AvgIpc) is 2.68. The quantitative estimate of drug-likeness (QED) is 0.815. The first kappa shape index (κ1) is 19.7. The number of ether oxygens (including phenoxy) is 1. The number of hydrogen-bond acceptors (Lipinski definition) is 3. The molecule has 1 heterocycles. The number of nitrogens with one attached hydrogen (secondary N) is 1. The van der Waals surface area contributed by atoms with Crippen molar-refractivity contribution < 1.29 is 9.53 Å². The van der Waals surface area contributed by atoms with Gasteiger partial charge in [0.1, 0.15) is 5.75 Å². The van der Waals surface area contributed by atoms with Gasteiger partial charge in [0, 0.05) is 30.7 Å². The van der Waals surface area contributed by atoms with E-state index in [4.69, 9.17) is 16.3 Å². The summed E-state index contributed by atoms with van der Waals surface area (Å²) in [5, 5.41) is 4.33. The van der Waals surface area contributed by atoms with Crippen LogP contribution < -0.4 is 10.1 Å². The molecule has 1 saturated heterocycles. The third-order valence-corrected chi connectivity index (χ3v) is 5.53. The first-order valence-electron chi connectivity index (χ1n) is 9.44. The molecule has 2 aromatic rings. The van der Waals surface area contributed by atoms with Gasteiger partial charge >= 0.3 is 0 Å². The minimum Gasteiger partial charge on any atom is -0.495 e. The first-order chi connectivity index (χ1) is 13.0. The van der Waals surface area contributed by atoms with Gasteiger partial charge in [0.05, 0.1) is 12.1 Å². The second-order valence-corrected chi connectivity index (χ2v) is 7.58. The van der Waals surface area contributed by atoms with Crippen LogP contribution in [0, 0.1) is 6.92 Å². The molecule has 0 saturated carbocycles. The van der Waals surface area contributed by atoms with E-state index in [-0.39, 0.29) is 11.9 Å². The van der Waals surface area contributed by atoms with Crippen LogP contribution in [0.5, 0.6) is 5.75 Å². The lowest BCUT2D eigenvalue weighted by molar-refractivity contribution is 0.0702. The number of methoxy groups -OCH3 is 1. The summed E-state index contributed by atoms with van der Waals surface area (Å²) < 4.78 is 5.34. The lowest BCUT2D eigenvalue weighted by atomic mass is 10.00. The zero-order chi connectivity index (χ0) is 19.4. The van der Waals surface area contributed by atoms with Gasteiger partial charge in [0.2, 0.25) is 0 Å². The molecule has 1 aliphatic rings. The molecule has 27 heavy (non-hydrogen) atoms. The van der Waals surface area contributed by atoms with Crippen molar-refractivity contribution in [2.45, 2.75) is 38.8 Å². The highest BCUT2D eigenvalue weighted by atomic mass is 35.5. The molecule has 1 N–H and O–H groups in total. The van der Waals surface area contributed by atoms with Crippen molar-refractivity contribution in [1.82, 2.24) is 10.2 Å². The lowest BCUT2D eigenvalue weighted by Crippen LogP contribution is -2.45. The Hall–Kier alpha value is -2.04. The molecular weight excluding hydrogens is 360 g/mol. The Morgan fingerprint density at radius 3 is 2.48 bits per heavy atom. The van der Waals surface area contributed by atoms with Crippen molar-refractivity contribution in [3.05, 3.63) is 64.2 Å². The number of halogens is 1. The Morgan fingerprint density at radius 1 is 1.22 bits per heavy atom. The predicted octanol–water partition coefficient (Wildman–Crippen LogP) is 4.61. The SMILES string of the molecule is COc1c(C)cc(C(C)NC2CCN(C(=O)c3ccccc3)CC2)cc1Cl. The van der Waals surface area contributed by atoms with Crippen molar-refractivity contribution in [3.63, 3.8) is 0 Å². The highest BCUT2D eigenvalue weighted by Gasteiger charge is 2.24. The van der Waals surface area contributed by atoms with Gasteiger partial charge in [-0.1, -0.05) is 35.9 Å². The van der Waals surface area contributed by atoms with Crippen LogP contribution in [-0.2, 0) is 0 Å². The molecule has 1 fully saturated rings. The second-order valence-electron chi connectivity index (χ2n) is 7.17. The van der Waals surface area contributed by atoms with E-state index < -0.39 is 0 Å². The largest absolute Gasteiger partial charge is 0.495 e. The fourth-order valence-electron chi connectivity index (χ4n) is 3.73. The van der Waals surface area contributed by atoms with Gasteiger partial charge in [-0.3, -0.25) is 4.79 Å². The number of rotatable bonds is 5. The highest BCUT2D eigenvalue weighted by Crippen LogP contribution is 2.32. The average molecular weight is 387 g/mol. The number of benzene rings is 2.